The molecule has 0 radical (unpaired) electrons. The van der Waals surface area contributed by atoms with Crippen molar-refractivity contribution < 1.29 is 14.0 Å². The minimum absolute atomic E-state index is 0.188. The Morgan fingerprint density at radius 2 is 2.00 bits per heavy atom. The van der Waals surface area contributed by atoms with E-state index in [1.807, 2.05) is 6.92 Å². The minimum atomic E-state index is -0.484. The van der Waals surface area contributed by atoms with Gasteiger partial charge in [-0.05, 0) is 53.9 Å². The molecule has 1 amide bonds. The van der Waals surface area contributed by atoms with Crippen LogP contribution < -0.4 is 5.32 Å². The summed E-state index contributed by atoms with van der Waals surface area (Å²) in [5.41, 5.74) is 2.55. The Balaban J connectivity index is 1.69. The van der Waals surface area contributed by atoms with E-state index in [4.69, 9.17) is 28.0 Å². The Kier molecular flexibility index (Phi) is 6.78. The molecule has 1 saturated heterocycles. The van der Waals surface area contributed by atoms with Gasteiger partial charge in [0.05, 0.1) is 6.04 Å². The number of hydroxylamine groups is 2. The van der Waals surface area contributed by atoms with E-state index in [0.717, 1.165) is 16.7 Å². The highest BCUT2D eigenvalue weighted by Crippen LogP contribution is 2.26. The van der Waals surface area contributed by atoms with Crippen molar-refractivity contribution in [2.24, 2.45) is 0 Å². The number of nitrogens with zero attached hydrogens (tertiary/aromatic N) is 2. The second-order valence-electron chi connectivity index (χ2n) is 6.85. The number of aryl methyl sites for hydroxylation is 1. The van der Waals surface area contributed by atoms with Gasteiger partial charge >= 0.3 is 6.09 Å². The molecule has 1 N–H and O–H groups in total. The first-order valence-electron chi connectivity index (χ1n) is 8.95. The number of hydrogen-bond donors (Lipinski definition) is 1. The fourth-order valence-corrected chi connectivity index (χ4v) is 3.85. The van der Waals surface area contributed by atoms with Crippen LogP contribution in [0.5, 0.6) is 0 Å². The summed E-state index contributed by atoms with van der Waals surface area (Å²) < 4.78 is 13.5. The van der Waals surface area contributed by atoms with E-state index in [-0.39, 0.29) is 11.9 Å². The number of rotatable bonds is 4. The Morgan fingerprint density at radius 3 is 2.68 bits per heavy atom. The largest absolute Gasteiger partial charge is 0.428 e. The number of carbonyl (C=O) groups is 1. The first-order valence-corrected chi connectivity index (χ1v) is 9.70. The van der Waals surface area contributed by atoms with E-state index >= 15 is 0 Å². The number of nitrogens with one attached hydrogen (secondary N) is 1. The minimum Gasteiger partial charge on any atom is -0.350 e. The van der Waals surface area contributed by atoms with E-state index in [1.54, 1.807) is 36.4 Å². The van der Waals surface area contributed by atoms with Crippen LogP contribution in [0.2, 0.25) is 10.0 Å². The van der Waals surface area contributed by atoms with E-state index in [1.165, 1.54) is 17.0 Å². The predicted molar refractivity (Wildman–Crippen MR) is 108 cm³/mol. The molecule has 3 rings (SSSR count). The molecule has 1 atom stereocenters. The monoisotopic (exact) mass is 425 g/mol. The molecule has 2 aromatic rings. The molecule has 0 aliphatic carbocycles. The van der Waals surface area contributed by atoms with Crippen molar-refractivity contribution in [2.75, 3.05) is 26.7 Å². The zero-order chi connectivity index (χ0) is 20.3. The maximum Gasteiger partial charge on any atom is 0.428 e. The van der Waals surface area contributed by atoms with Crippen LogP contribution in [0.4, 0.5) is 9.18 Å². The van der Waals surface area contributed by atoms with Crippen molar-refractivity contribution in [2.45, 2.75) is 19.5 Å². The van der Waals surface area contributed by atoms with Crippen molar-refractivity contribution in [1.29, 1.82) is 0 Å². The summed E-state index contributed by atoms with van der Waals surface area (Å²) in [5, 5.41) is 5.97. The first-order chi connectivity index (χ1) is 13.3. The molecule has 1 aliphatic rings. The van der Waals surface area contributed by atoms with Crippen LogP contribution in [-0.2, 0) is 11.4 Å². The molecule has 0 bridgehead atoms. The number of hydrogen-bond acceptors (Lipinski definition) is 4. The predicted octanol–water partition coefficient (Wildman–Crippen LogP) is 4.57. The summed E-state index contributed by atoms with van der Waals surface area (Å²) in [5.74, 6) is -0.284. The van der Waals surface area contributed by atoms with E-state index in [9.17, 15) is 9.18 Å². The molecular formula is C20H22Cl2FN3O2. The summed E-state index contributed by atoms with van der Waals surface area (Å²) >= 11 is 12.0. The number of carbonyl (C=O) groups excluding carboxylic acids is 1. The first kappa shape index (κ1) is 20.9. The quantitative estimate of drug-likeness (QED) is 0.778. The second-order valence-corrected chi connectivity index (χ2v) is 7.73. The zero-order valence-corrected chi connectivity index (χ0v) is 17.2. The third-order valence-corrected chi connectivity index (χ3v) is 5.07. The Labute approximate surface area is 173 Å². The zero-order valence-electron chi connectivity index (χ0n) is 15.7. The topological polar surface area (TPSA) is 44.8 Å². The molecule has 5 nitrogen and oxygen atoms in total. The highest BCUT2D eigenvalue weighted by Gasteiger charge is 2.29. The molecule has 2 aromatic carbocycles. The van der Waals surface area contributed by atoms with E-state index in [0.29, 0.717) is 36.2 Å². The SMILES string of the molecule is Cc1cc(F)ccc1[C@H]1CNCCN1OC(=O)N(C)Cc1cc(Cl)cc(Cl)c1. The molecular weight excluding hydrogens is 404 g/mol. The molecule has 0 spiro atoms. The van der Waals surface area contributed by atoms with Crippen LogP contribution in [-0.4, -0.2) is 42.7 Å². The number of piperazine rings is 1. The summed E-state index contributed by atoms with van der Waals surface area (Å²) in [7, 11) is 1.65. The van der Waals surface area contributed by atoms with Gasteiger partial charge in [0.15, 0.2) is 0 Å². The van der Waals surface area contributed by atoms with Gasteiger partial charge in [0.1, 0.15) is 5.82 Å². The van der Waals surface area contributed by atoms with Gasteiger partial charge in [0.2, 0.25) is 0 Å². The number of amides is 1. The van der Waals surface area contributed by atoms with Gasteiger partial charge < -0.3 is 15.1 Å². The Bertz CT molecular complexity index is 845. The van der Waals surface area contributed by atoms with Crippen molar-refractivity contribution >= 4 is 29.3 Å². The van der Waals surface area contributed by atoms with Gasteiger partial charge in [-0.15, -0.1) is 5.06 Å². The lowest BCUT2D eigenvalue weighted by molar-refractivity contribution is -0.150. The van der Waals surface area contributed by atoms with Crippen molar-refractivity contribution in [3.8, 4) is 0 Å². The normalized spacial score (nSPS) is 17.4. The van der Waals surface area contributed by atoms with E-state index < -0.39 is 6.09 Å². The van der Waals surface area contributed by atoms with Gasteiger partial charge in [0, 0.05) is 43.3 Å². The maximum absolute atomic E-state index is 13.5. The van der Waals surface area contributed by atoms with Crippen molar-refractivity contribution in [1.82, 2.24) is 15.3 Å². The van der Waals surface area contributed by atoms with Crippen LogP contribution in [0.15, 0.2) is 36.4 Å². The molecule has 1 aliphatic heterocycles. The van der Waals surface area contributed by atoms with Crippen LogP contribution in [0, 0.1) is 12.7 Å². The lowest BCUT2D eigenvalue weighted by Crippen LogP contribution is -2.48. The fourth-order valence-electron chi connectivity index (χ4n) is 3.28. The molecule has 8 heteroatoms. The van der Waals surface area contributed by atoms with Gasteiger partial charge in [-0.2, -0.15) is 0 Å². The fraction of sp³-hybridized carbons (Fsp3) is 0.350. The van der Waals surface area contributed by atoms with Gasteiger partial charge in [-0.25, -0.2) is 9.18 Å². The van der Waals surface area contributed by atoms with Crippen LogP contribution in [0.1, 0.15) is 22.7 Å². The molecule has 0 unspecified atom stereocenters. The Morgan fingerprint density at radius 1 is 1.29 bits per heavy atom. The summed E-state index contributed by atoms with van der Waals surface area (Å²) in [4.78, 5) is 19.7. The van der Waals surface area contributed by atoms with Crippen molar-refractivity contribution in [3.05, 3.63) is 69.0 Å². The highest BCUT2D eigenvalue weighted by atomic mass is 35.5. The van der Waals surface area contributed by atoms with E-state index in [2.05, 4.69) is 5.32 Å². The third kappa shape index (κ3) is 5.14. The smallest absolute Gasteiger partial charge is 0.350 e. The molecule has 1 fully saturated rings. The maximum atomic E-state index is 13.5. The average molecular weight is 426 g/mol. The van der Waals surface area contributed by atoms with Crippen LogP contribution in [0.3, 0.4) is 0 Å². The molecule has 28 heavy (non-hydrogen) atoms. The Hall–Kier alpha value is -1.86. The second kappa shape index (κ2) is 9.09. The number of halogens is 3. The highest BCUT2D eigenvalue weighted by molar-refractivity contribution is 6.34. The van der Waals surface area contributed by atoms with Gasteiger partial charge in [-0.1, -0.05) is 29.3 Å². The lowest BCUT2D eigenvalue weighted by Gasteiger charge is -2.36. The summed E-state index contributed by atoms with van der Waals surface area (Å²) in [6.07, 6.45) is -0.484. The third-order valence-electron chi connectivity index (χ3n) is 4.63. The van der Waals surface area contributed by atoms with Gasteiger partial charge in [0.25, 0.3) is 0 Å². The van der Waals surface area contributed by atoms with Gasteiger partial charge in [-0.3, -0.25) is 0 Å². The molecule has 150 valence electrons. The standard InChI is InChI=1S/C20H22Cl2FN3O2/c1-13-7-17(23)3-4-18(13)19-11-24-5-6-26(19)28-20(27)25(2)12-14-8-15(21)10-16(22)9-14/h3-4,7-10,19,24H,5-6,11-12H2,1-2H3/t19-/m1/s1. The van der Waals surface area contributed by atoms with Crippen LogP contribution >= 0.6 is 23.2 Å². The molecule has 1 heterocycles. The van der Waals surface area contributed by atoms with Crippen molar-refractivity contribution in [3.63, 3.8) is 0 Å². The molecule has 0 saturated carbocycles. The summed E-state index contributed by atoms with van der Waals surface area (Å²) in [6.45, 7) is 3.99. The summed E-state index contributed by atoms with van der Waals surface area (Å²) in [6, 6.07) is 9.61. The molecule has 0 aromatic heterocycles. The average Bonchev–Trinajstić information content (AvgIpc) is 2.61. The number of benzene rings is 2. The van der Waals surface area contributed by atoms with Crippen LogP contribution in [0.25, 0.3) is 0 Å². The lowest BCUT2D eigenvalue weighted by atomic mass is 9.99.